The van der Waals surface area contributed by atoms with Crippen molar-refractivity contribution in [2.45, 2.75) is 65.1 Å². The van der Waals surface area contributed by atoms with Gasteiger partial charge in [-0.05, 0) is 38.0 Å². The van der Waals surface area contributed by atoms with Crippen LogP contribution in [0.5, 0.6) is 0 Å². The number of carbonyl (C=O) groups is 1. The summed E-state index contributed by atoms with van der Waals surface area (Å²) in [6.45, 7) is 7.39. The minimum Gasteiger partial charge on any atom is -0.325 e. The molecular formula is C13H24N2O. The lowest BCUT2D eigenvalue weighted by Gasteiger charge is -2.28. The van der Waals surface area contributed by atoms with E-state index in [2.05, 4.69) is 24.1 Å². The Morgan fingerprint density at radius 3 is 2.62 bits per heavy atom. The van der Waals surface area contributed by atoms with E-state index in [9.17, 15) is 4.79 Å². The molecule has 3 nitrogen and oxygen atoms in total. The van der Waals surface area contributed by atoms with Gasteiger partial charge >= 0.3 is 0 Å². The lowest BCUT2D eigenvalue weighted by molar-refractivity contribution is -0.130. The first-order valence-corrected chi connectivity index (χ1v) is 6.68. The molecule has 0 spiro atoms. The minimum atomic E-state index is 0.0178. The average Bonchev–Trinajstić information content (AvgIpc) is 3.00. The standard InChI is InChI=1S/C13H24N2O/c1-4-6-11-14-10(3)12(16)15(11)9-13(5-2)7-8-13/h10-11,14H,4-9H2,1-3H3. The molecular weight excluding hydrogens is 200 g/mol. The highest BCUT2D eigenvalue weighted by molar-refractivity contribution is 5.84. The van der Waals surface area contributed by atoms with Crippen LogP contribution >= 0.6 is 0 Å². The smallest absolute Gasteiger partial charge is 0.240 e. The van der Waals surface area contributed by atoms with Gasteiger partial charge in [-0.15, -0.1) is 0 Å². The fourth-order valence-corrected chi connectivity index (χ4v) is 2.71. The summed E-state index contributed by atoms with van der Waals surface area (Å²) in [6, 6.07) is 0.0178. The Kier molecular flexibility index (Phi) is 3.24. The van der Waals surface area contributed by atoms with Crippen molar-refractivity contribution in [1.82, 2.24) is 10.2 Å². The quantitative estimate of drug-likeness (QED) is 0.776. The first kappa shape index (κ1) is 11.9. The Morgan fingerprint density at radius 1 is 1.44 bits per heavy atom. The van der Waals surface area contributed by atoms with E-state index >= 15 is 0 Å². The van der Waals surface area contributed by atoms with Crippen molar-refractivity contribution >= 4 is 5.91 Å². The van der Waals surface area contributed by atoms with Crippen LogP contribution in [0.25, 0.3) is 0 Å². The predicted molar refractivity (Wildman–Crippen MR) is 65.0 cm³/mol. The fourth-order valence-electron chi connectivity index (χ4n) is 2.71. The van der Waals surface area contributed by atoms with Crippen LogP contribution < -0.4 is 5.32 Å². The van der Waals surface area contributed by atoms with E-state index in [0.29, 0.717) is 11.3 Å². The van der Waals surface area contributed by atoms with E-state index in [4.69, 9.17) is 0 Å². The highest BCUT2D eigenvalue weighted by Crippen LogP contribution is 2.49. The number of nitrogens with zero attached hydrogens (tertiary/aromatic N) is 1. The molecule has 1 aliphatic carbocycles. The summed E-state index contributed by atoms with van der Waals surface area (Å²) in [6.07, 6.45) is 6.32. The van der Waals surface area contributed by atoms with Crippen LogP contribution in [0.1, 0.15) is 52.9 Å². The zero-order valence-electron chi connectivity index (χ0n) is 10.8. The number of carbonyl (C=O) groups excluding carboxylic acids is 1. The van der Waals surface area contributed by atoms with Crippen LogP contribution in [0, 0.1) is 5.41 Å². The first-order chi connectivity index (χ1) is 7.62. The molecule has 0 aromatic carbocycles. The third-order valence-electron chi connectivity index (χ3n) is 4.25. The van der Waals surface area contributed by atoms with E-state index in [-0.39, 0.29) is 12.2 Å². The molecule has 2 unspecified atom stereocenters. The van der Waals surface area contributed by atoms with Gasteiger partial charge in [0.1, 0.15) is 0 Å². The topological polar surface area (TPSA) is 32.3 Å². The van der Waals surface area contributed by atoms with Gasteiger partial charge in [0.25, 0.3) is 0 Å². The molecule has 2 aliphatic rings. The monoisotopic (exact) mass is 224 g/mol. The molecule has 92 valence electrons. The Labute approximate surface area is 98.6 Å². The maximum atomic E-state index is 12.1. The van der Waals surface area contributed by atoms with Crippen molar-refractivity contribution in [1.29, 1.82) is 0 Å². The largest absolute Gasteiger partial charge is 0.325 e. The van der Waals surface area contributed by atoms with Crippen LogP contribution in [-0.2, 0) is 4.79 Å². The van der Waals surface area contributed by atoms with Gasteiger partial charge in [0.05, 0.1) is 12.2 Å². The molecule has 0 bridgehead atoms. The van der Waals surface area contributed by atoms with Crippen molar-refractivity contribution in [3.05, 3.63) is 0 Å². The second-order valence-electron chi connectivity index (χ2n) is 5.51. The summed E-state index contributed by atoms with van der Waals surface area (Å²) in [7, 11) is 0. The van der Waals surface area contributed by atoms with E-state index in [1.165, 1.54) is 19.3 Å². The number of hydrogen-bond acceptors (Lipinski definition) is 2. The van der Waals surface area contributed by atoms with Crippen LogP contribution in [0.2, 0.25) is 0 Å². The third-order valence-corrected chi connectivity index (χ3v) is 4.25. The van der Waals surface area contributed by atoms with Crippen molar-refractivity contribution in [3.63, 3.8) is 0 Å². The highest BCUT2D eigenvalue weighted by Gasteiger charge is 2.46. The highest BCUT2D eigenvalue weighted by atomic mass is 16.2. The van der Waals surface area contributed by atoms with E-state index in [1.807, 2.05) is 6.92 Å². The van der Waals surface area contributed by atoms with Crippen molar-refractivity contribution < 1.29 is 4.79 Å². The maximum Gasteiger partial charge on any atom is 0.240 e. The second-order valence-corrected chi connectivity index (χ2v) is 5.51. The first-order valence-electron chi connectivity index (χ1n) is 6.68. The maximum absolute atomic E-state index is 12.1. The molecule has 16 heavy (non-hydrogen) atoms. The fraction of sp³-hybridized carbons (Fsp3) is 0.923. The SMILES string of the molecule is CCCC1NC(C)C(=O)N1CC1(CC)CC1. The van der Waals surface area contributed by atoms with Gasteiger partial charge in [-0.25, -0.2) is 0 Å². The second kappa shape index (κ2) is 4.36. The summed E-state index contributed by atoms with van der Waals surface area (Å²) in [5, 5.41) is 3.41. The Hall–Kier alpha value is -0.570. The summed E-state index contributed by atoms with van der Waals surface area (Å²) >= 11 is 0. The molecule has 0 aromatic heterocycles. The summed E-state index contributed by atoms with van der Waals surface area (Å²) in [4.78, 5) is 14.2. The molecule has 2 fully saturated rings. The lowest BCUT2D eigenvalue weighted by Crippen LogP contribution is -2.40. The van der Waals surface area contributed by atoms with Crippen molar-refractivity contribution in [3.8, 4) is 0 Å². The van der Waals surface area contributed by atoms with Crippen LogP contribution in [-0.4, -0.2) is 29.6 Å². The molecule has 2 atom stereocenters. The van der Waals surface area contributed by atoms with E-state index < -0.39 is 0 Å². The molecule has 1 saturated carbocycles. The summed E-state index contributed by atoms with van der Waals surface area (Å²) in [5.74, 6) is 0.304. The summed E-state index contributed by atoms with van der Waals surface area (Å²) < 4.78 is 0. The van der Waals surface area contributed by atoms with E-state index in [0.717, 1.165) is 19.4 Å². The predicted octanol–water partition coefficient (Wildman–Crippen LogP) is 2.12. The Morgan fingerprint density at radius 2 is 2.12 bits per heavy atom. The van der Waals surface area contributed by atoms with Gasteiger partial charge in [0, 0.05) is 6.54 Å². The third kappa shape index (κ3) is 2.10. The number of amides is 1. The lowest BCUT2D eigenvalue weighted by atomic mass is 10.0. The molecule has 2 rings (SSSR count). The van der Waals surface area contributed by atoms with Crippen molar-refractivity contribution in [2.75, 3.05) is 6.54 Å². The van der Waals surface area contributed by atoms with Crippen LogP contribution in [0.4, 0.5) is 0 Å². The molecule has 1 N–H and O–H groups in total. The zero-order chi connectivity index (χ0) is 11.8. The van der Waals surface area contributed by atoms with Gasteiger partial charge in [0.15, 0.2) is 0 Å². The van der Waals surface area contributed by atoms with Gasteiger partial charge in [-0.2, -0.15) is 0 Å². The molecule has 0 aromatic rings. The molecule has 1 amide bonds. The van der Waals surface area contributed by atoms with Crippen molar-refractivity contribution in [2.24, 2.45) is 5.41 Å². The zero-order valence-corrected chi connectivity index (χ0v) is 10.8. The van der Waals surface area contributed by atoms with E-state index in [1.54, 1.807) is 0 Å². The number of nitrogens with one attached hydrogen (secondary N) is 1. The molecule has 3 heteroatoms. The molecule has 0 radical (unpaired) electrons. The summed E-state index contributed by atoms with van der Waals surface area (Å²) in [5.41, 5.74) is 0.466. The minimum absolute atomic E-state index is 0.0178. The van der Waals surface area contributed by atoms with Crippen LogP contribution in [0.15, 0.2) is 0 Å². The Balaban J connectivity index is 2.01. The molecule has 1 aliphatic heterocycles. The number of rotatable bonds is 5. The van der Waals surface area contributed by atoms with Gasteiger partial charge in [-0.1, -0.05) is 20.3 Å². The van der Waals surface area contributed by atoms with Gasteiger partial charge < -0.3 is 4.90 Å². The van der Waals surface area contributed by atoms with Gasteiger partial charge in [-0.3, -0.25) is 10.1 Å². The Bertz CT molecular complexity index is 273. The average molecular weight is 224 g/mol. The molecule has 1 saturated heterocycles. The molecule has 1 heterocycles. The van der Waals surface area contributed by atoms with Crippen LogP contribution in [0.3, 0.4) is 0 Å². The normalized spacial score (nSPS) is 32.2. The van der Waals surface area contributed by atoms with Gasteiger partial charge in [0.2, 0.25) is 5.91 Å². The number of hydrogen-bond donors (Lipinski definition) is 1.